The smallest absolute Gasteiger partial charge is 0.246 e. The van der Waals surface area contributed by atoms with Gasteiger partial charge in [0, 0.05) is 11.6 Å². The minimum absolute atomic E-state index is 0.0601. The quantitative estimate of drug-likeness (QED) is 0.263. The van der Waals surface area contributed by atoms with E-state index in [1.807, 2.05) is 32.0 Å². The lowest BCUT2D eigenvalue weighted by Gasteiger charge is -2.17. The predicted octanol–water partition coefficient (Wildman–Crippen LogP) is 3.40. The van der Waals surface area contributed by atoms with Gasteiger partial charge in [0.05, 0.1) is 0 Å². The van der Waals surface area contributed by atoms with Crippen molar-refractivity contribution >= 4 is 5.91 Å². The van der Waals surface area contributed by atoms with E-state index in [2.05, 4.69) is 31.0 Å². The Balaban J connectivity index is 2.25. The van der Waals surface area contributed by atoms with E-state index in [9.17, 15) is 9.90 Å². The molecule has 0 saturated heterocycles. The summed E-state index contributed by atoms with van der Waals surface area (Å²) in [7, 11) is 3.76. The summed E-state index contributed by atoms with van der Waals surface area (Å²) in [6.07, 6.45) is 11.6. The molecule has 4 nitrogen and oxygen atoms in total. The standard InChI is InChI=1S/C20H34N2O2/c1-15(9-7-6-8-10-19(23)22(4)5)13-16(2)14-17(3)20(24)21-18-11-12-18/h7,9,14,16,18-19,23H,1,6,8,10-13H2,2-5H3,(H,21,24)/b9-7-,17-14+. The lowest BCUT2D eigenvalue weighted by Crippen LogP contribution is -2.26. The molecule has 0 aliphatic heterocycles. The van der Waals surface area contributed by atoms with Crippen LogP contribution in [0.2, 0.25) is 0 Å². The van der Waals surface area contributed by atoms with Crippen molar-refractivity contribution in [2.75, 3.05) is 14.1 Å². The molecule has 2 atom stereocenters. The van der Waals surface area contributed by atoms with Crippen molar-refractivity contribution in [1.29, 1.82) is 0 Å². The number of amides is 1. The van der Waals surface area contributed by atoms with Gasteiger partial charge in [-0.2, -0.15) is 0 Å². The van der Waals surface area contributed by atoms with E-state index < -0.39 is 0 Å². The van der Waals surface area contributed by atoms with Gasteiger partial charge in [0.15, 0.2) is 0 Å². The summed E-state index contributed by atoms with van der Waals surface area (Å²) < 4.78 is 0. The van der Waals surface area contributed by atoms with Crippen LogP contribution < -0.4 is 5.32 Å². The third-order valence-corrected chi connectivity index (χ3v) is 4.17. The Kier molecular flexibility index (Phi) is 9.01. The number of unbranched alkanes of at least 4 members (excludes halogenated alkanes) is 1. The first kappa shape index (κ1) is 20.7. The number of rotatable bonds is 11. The lowest BCUT2D eigenvalue weighted by molar-refractivity contribution is -0.117. The molecule has 2 unspecified atom stereocenters. The van der Waals surface area contributed by atoms with Crippen molar-refractivity contribution in [3.05, 3.63) is 36.0 Å². The number of nitrogens with zero attached hydrogens (tertiary/aromatic N) is 1. The largest absolute Gasteiger partial charge is 0.378 e. The number of allylic oxidation sites excluding steroid dienone is 4. The number of aliphatic hydroxyl groups excluding tert-OH is 1. The predicted molar refractivity (Wildman–Crippen MR) is 101 cm³/mol. The summed E-state index contributed by atoms with van der Waals surface area (Å²) >= 11 is 0. The highest BCUT2D eigenvalue weighted by molar-refractivity contribution is 5.93. The van der Waals surface area contributed by atoms with Gasteiger partial charge in [0.25, 0.3) is 0 Å². The topological polar surface area (TPSA) is 52.6 Å². The molecule has 136 valence electrons. The van der Waals surface area contributed by atoms with E-state index >= 15 is 0 Å². The van der Waals surface area contributed by atoms with Gasteiger partial charge in [-0.15, -0.1) is 0 Å². The van der Waals surface area contributed by atoms with Gasteiger partial charge in [-0.1, -0.05) is 37.3 Å². The van der Waals surface area contributed by atoms with Gasteiger partial charge in [-0.05, 0) is 65.5 Å². The fraction of sp³-hybridized carbons (Fsp3) is 0.650. The van der Waals surface area contributed by atoms with Crippen molar-refractivity contribution in [3.8, 4) is 0 Å². The van der Waals surface area contributed by atoms with Crippen molar-refractivity contribution in [2.45, 2.75) is 64.6 Å². The number of hydrogen-bond donors (Lipinski definition) is 2. The summed E-state index contributed by atoms with van der Waals surface area (Å²) in [6.45, 7) is 8.08. The molecule has 1 fully saturated rings. The highest BCUT2D eigenvalue weighted by Gasteiger charge is 2.23. The van der Waals surface area contributed by atoms with Crippen LogP contribution in [0.5, 0.6) is 0 Å². The Morgan fingerprint density at radius 1 is 1.42 bits per heavy atom. The van der Waals surface area contributed by atoms with Crippen molar-refractivity contribution in [3.63, 3.8) is 0 Å². The minimum atomic E-state index is -0.364. The Morgan fingerprint density at radius 3 is 2.67 bits per heavy atom. The zero-order valence-corrected chi connectivity index (χ0v) is 15.7. The Labute approximate surface area is 147 Å². The van der Waals surface area contributed by atoms with Crippen LogP contribution in [-0.2, 0) is 4.79 Å². The van der Waals surface area contributed by atoms with Gasteiger partial charge in [0.2, 0.25) is 5.91 Å². The monoisotopic (exact) mass is 334 g/mol. The molecule has 1 aliphatic carbocycles. The van der Waals surface area contributed by atoms with E-state index in [0.717, 1.165) is 49.7 Å². The maximum atomic E-state index is 11.9. The zero-order valence-electron chi connectivity index (χ0n) is 15.7. The molecule has 0 aromatic carbocycles. The maximum absolute atomic E-state index is 11.9. The van der Waals surface area contributed by atoms with Crippen molar-refractivity contribution in [1.82, 2.24) is 10.2 Å². The Hall–Kier alpha value is -1.39. The normalized spacial score (nSPS) is 18.0. The van der Waals surface area contributed by atoms with E-state index in [-0.39, 0.29) is 12.1 Å². The highest BCUT2D eigenvalue weighted by Crippen LogP contribution is 2.20. The van der Waals surface area contributed by atoms with Gasteiger partial charge < -0.3 is 10.4 Å². The first-order valence-electron chi connectivity index (χ1n) is 8.97. The average Bonchev–Trinajstić information content (AvgIpc) is 3.30. The molecule has 24 heavy (non-hydrogen) atoms. The molecule has 0 heterocycles. The van der Waals surface area contributed by atoms with E-state index in [0.29, 0.717) is 12.0 Å². The average molecular weight is 335 g/mol. The number of nitrogens with one attached hydrogen (secondary N) is 1. The molecule has 4 heteroatoms. The molecule has 0 spiro atoms. The lowest BCUT2D eigenvalue weighted by atomic mass is 9.99. The summed E-state index contributed by atoms with van der Waals surface area (Å²) in [5.74, 6) is 0.354. The second-order valence-electron chi connectivity index (χ2n) is 7.21. The second kappa shape index (κ2) is 10.5. The number of carbonyl (C=O) groups is 1. The molecular formula is C20H34N2O2. The van der Waals surface area contributed by atoms with Crippen molar-refractivity contribution < 1.29 is 9.90 Å². The molecular weight excluding hydrogens is 300 g/mol. The van der Waals surface area contributed by atoms with Gasteiger partial charge >= 0.3 is 0 Å². The molecule has 0 aromatic rings. The van der Waals surface area contributed by atoms with Crippen LogP contribution in [0.25, 0.3) is 0 Å². The van der Waals surface area contributed by atoms with E-state index in [4.69, 9.17) is 0 Å². The van der Waals surface area contributed by atoms with Crippen LogP contribution in [0.15, 0.2) is 36.0 Å². The summed E-state index contributed by atoms with van der Waals surface area (Å²) in [5.41, 5.74) is 1.87. The third kappa shape index (κ3) is 9.04. The molecule has 0 radical (unpaired) electrons. The minimum Gasteiger partial charge on any atom is -0.378 e. The Morgan fingerprint density at radius 2 is 2.08 bits per heavy atom. The number of hydrogen-bond acceptors (Lipinski definition) is 3. The van der Waals surface area contributed by atoms with Gasteiger partial charge in [0.1, 0.15) is 6.23 Å². The fourth-order valence-electron chi connectivity index (χ4n) is 2.50. The van der Waals surface area contributed by atoms with Crippen LogP contribution >= 0.6 is 0 Å². The number of aliphatic hydroxyl groups is 1. The molecule has 2 N–H and O–H groups in total. The first-order chi connectivity index (χ1) is 11.3. The third-order valence-electron chi connectivity index (χ3n) is 4.17. The van der Waals surface area contributed by atoms with E-state index in [1.165, 1.54) is 0 Å². The molecule has 1 rings (SSSR count). The van der Waals surface area contributed by atoms with Crippen LogP contribution in [0.4, 0.5) is 0 Å². The molecule has 1 saturated carbocycles. The van der Waals surface area contributed by atoms with Crippen LogP contribution in [0, 0.1) is 5.92 Å². The highest BCUT2D eigenvalue weighted by atomic mass is 16.3. The second-order valence-corrected chi connectivity index (χ2v) is 7.21. The van der Waals surface area contributed by atoms with Gasteiger partial charge in [-0.3, -0.25) is 9.69 Å². The van der Waals surface area contributed by atoms with E-state index in [1.54, 1.807) is 0 Å². The van der Waals surface area contributed by atoms with Gasteiger partial charge in [-0.25, -0.2) is 0 Å². The van der Waals surface area contributed by atoms with Crippen LogP contribution in [0.3, 0.4) is 0 Å². The zero-order chi connectivity index (χ0) is 18.1. The Bertz CT molecular complexity index is 476. The summed E-state index contributed by atoms with van der Waals surface area (Å²) in [6, 6.07) is 0.403. The molecule has 1 amide bonds. The van der Waals surface area contributed by atoms with Crippen LogP contribution in [-0.4, -0.2) is 42.3 Å². The van der Waals surface area contributed by atoms with Crippen molar-refractivity contribution in [2.24, 2.45) is 5.92 Å². The van der Waals surface area contributed by atoms with Crippen LogP contribution in [0.1, 0.15) is 52.4 Å². The SMILES string of the molecule is C=C(/C=C\CCCC(O)N(C)C)CC(C)/C=C(\C)C(=O)NC1CC1. The molecule has 0 aromatic heterocycles. The fourth-order valence-corrected chi connectivity index (χ4v) is 2.50. The summed E-state index contributed by atoms with van der Waals surface area (Å²) in [4.78, 5) is 13.7. The summed E-state index contributed by atoms with van der Waals surface area (Å²) in [5, 5.41) is 12.7. The first-order valence-corrected chi connectivity index (χ1v) is 8.97. The maximum Gasteiger partial charge on any atom is 0.246 e. The molecule has 1 aliphatic rings. The number of carbonyl (C=O) groups excluding carboxylic acids is 1. The molecule has 0 bridgehead atoms.